The number of carbonyl (C=O) groups is 1. The molecule has 2 aliphatic rings. The molecule has 1 aromatic heterocycles. The van der Waals surface area contributed by atoms with Gasteiger partial charge in [0, 0.05) is 31.4 Å². The summed E-state index contributed by atoms with van der Waals surface area (Å²) in [5, 5.41) is 3.09. The number of aromatic nitrogens is 1. The fourth-order valence-electron chi connectivity index (χ4n) is 4.42. The van der Waals surface area contributed by atoms with E-state index in [0.717, 1.165) is 41.9 Å². The molecule has 0 spiro atoms. The molecule has 0 bridgehead atoms. The number of aryl methyl sites for hydroxylation is 3. The lowest BCUT2D eigenvalue weighted by Gasteiger charge is -2.32. The summed E-state index contributed by atoms with van der Waals surface area (Å²) in [6.07, 6.45) is 5.12. The number of benzene rings is 1. The highest BCUT2D eigenvalue weighted by Gasteiger charge is 2.33. The summed E-state index contributed by atoms with van der Waals surface area (Å²) < 4.78 is 27.7. The molecule has 30 heavy (non-hydrogen) atoms. The van der Waals surface area contributed by atoms with Crippen molar-refractivity contribution in [3.05, 3.63) is 45.4 Å². The van der Waals surface area contributed by atoms with E-state index in [1.807, 2.05) is 17.5 Å². The molecule has 1 aliphatic heterocycles. The highest BCUT2D eigenvalue weighted by molar-refractivity contribution is 7.89. The molecule has 1 aromatic carbocycles. The van der Waals surface area contributed by atoms with Gasteiger partial charge in [0.25, 0.3) is 0 Å². The summed E-state index contributed by atoms with van der Waals surface area (Å²) in [5.74, 6) is -0.0543. The lowest BCUT2D eigenvalue weighted by molar-refractivity contribution is -0.136. The Balaban J connectivity index is 1.36. The van der Waals surface area contributed by atoms with E-state index < -0.39 is 10.0 Å². The molecule has 0 saturated carbocycles. The zero-order chi connectivity index (χ0) is 21.3. The Hall–Kier alpha value is -1.77. The number of nitrogens with zero attached hydrogens (tertiary/aromatic N) is 3. The molecule has 1 amide bonds. The van der Waals surface area contributed by atoms with Crippen LogP contribution in [0.4, 0.5) is 0 Å². The van der Waals surface area contributed by atoms with Gasteiger partial charge in [-0.1, -0.05) is 13.0 Å². The van der Waals surface area contributed by atoms with Crippen molar-refractivity contribution >= 4 is 27.3 Å². The minimum absolute atomic E-state index is 0.0793. The molecule has 1 saturated heterocycles. The number of thiazole rings is 1. The molecular weight excluding hydrogens is 418 g/mol. The van der Waals surface area contributed by atoms with E-state index in [0.29, 0.717) is 37.4 Å². The molecule has 0 N–H and O–H groups in total. The van der Waals surface area contributed by atoms with Gasteiger partial charge in [0.1, 0.15) is 0 Å². The SMILES string of the molecule is CCc1nc(CN(C)C(=O)C2CCN(S(=O)(=O)c3ccc4c(c3)CCC4)CC2)cs1. The van der Waals surface area contributed by atoms with Crippen molar-refractivity contribution < 1.29 is 13.2 Å². The summed E-state index contributed by atoms with van der Waals surface area (Å²) in [6, 6.07) is 5.55. The summed E-state index contributed by atoms with van der Waals surface area (Å²) in [4.78, 5) is 19.5. The highest BCUT2D eigenvalue weighted by Crippen LogP contribution is 2.29. The van der Waals surface area contributed by atoms with Gasteiger partial charge in [0.2, 0.25) is 15.9 Å². The molecule has 4 rings (SSSR count). The maximum absolute atomic E-state index is 13.1. The average Bonchev–Trinajstić information content (AvgIpc) is 3.41. The van der Waals surface area contributed by atoms with Crippen molar-refractivity contribution in [2.75, 3.05) is 20.1 Å². The second-order valence-corrected chi connectivity index (χ2v) is 11.1. The molecular formula is C22H29N3O3S2. The molecule has 162 valence electrons. The van der Waals surface area contributed by atoms with Crippen molar-refractivity contribution in [1.82, 2.24) is 14.2 Å². The van der Waals surface area contributed by atoms with Crippen LogP contribution >= 0.6 is 11.3 Å². The van der Waals surface area contributed by atoms with Crippen LogP contribution in [0.15, 0.2) is 28.5 Å². The largest absolute Gasteiger partial charge is 0.340 e. The van der Waals surface area contributed by atoms with E-state index in [1.165, 1.54) is 5.56 Å². The van der Waals surface area contributed by atoms with Crippen LogP contribution in [0.1, 0.15) is 48.0 Å². The number of rotatable bonds is 6. The molecule has 2 aromatic rings. The Labute approximate surface area is 183 Å². The standard InChI is InChI=1S/C22H29N3O3S2/c1-3-21-23-19(15-29-21)14-24(2)22(26)17-9-11-25(12-10-17)30(27,28)20-8-7-16-5-4-6-18(16)13-20/h7-8,13,15,17H,3-6,9-12,14H2,1-2H3. The minimum Gasteiger partial charge on any atom is -0.340 e. The van der Waals surface area contributed by atoms with E-state index in [2.05, 4.69) is 11.9 Å². The van der Waals surface area contributed by atoms with Gasteiger partial charge < -0.3 is 4.90 Å². The molecule has 1 aliphatic carbocycles. The number of sulfonamides is 1. The van der Waals surface area contributed by atoms with Crippen molar-refractivity contribution in [2.24, 2.45) is 5.92 Å². The maximum Gasteiger partial charge on any atom is 0.243 e. The van der Waals surface area contributed by atoms with Crippen LogP contribution in [0.2, 0.25) is 0 Å². The number of fused-ring (bicyclic) bond motifs is 1. The van der Waals surface area contributed by atoms with Gasteiger partial charge >= 0.3 is 0 Å². The summed E-state index contributed by atoms with van der Waals surface area (Å²) >= 11 is 1.62. The predicted molar refractivity (Wildman–Crippen MR) is 118 cm³/mol. The first-order valence-electron chi connectivity index (χ1n) is 10.7. The summed E-state index contributed by atoms with van der Waals surface area (Å²) in [5.41, 5.74) is 3.35. The Morgan fingerprint density at radius 1 is 1.23 bits per heavy atom. The Morgan fingerprint density at radius 2 is 1.97 bits per heavy atom. The van der Waals surface area contributed by atoms with E-state index >= 15 is 0 Å². The molecule has 0 radical (unpaired) electrons. The lowest BCUT2D eigenvalue weighted by atomic mass is 9.96. The van der Waals surface area contributed by atoms with Crippen LogP contribution in [0.5, 0.6) is 0 Å². The van der Waals surface area contributed by atoms with Crippen molar-refractivity contribution in [3.63, 3.8) is 0 Å². The quantitative estimate of drug-likeness (QED) is 0.682. The maximum atomic E-state index is 13.1. The average molecular weight is 448 g/mol. The Kier molecular flexibility index (Phi) is 6.27. The first-order chi connectivity index (χ1) is 14.4. The second-order valence-electron chi connectivity index (χ2n) is 8.24. The first kappa shape index (κ1) is 21.5. The molecule has 2 heterocycles. The zero-order valence-corrected chi connectivity index (χ0v) is 19.3. The van der Waals surface area contributed by atoms with E-state index in [1.54, 1.807) is 33.7 Å². The van der Waals surface area contributed by atoms with E-state index in [9.17, 15) is 13.2 Å². The van der Waals surface area contributed by atoms with Crippen molar-refractivity contribution in [1.29, 1.82) is 0 Å². The lowest BCUT2D eigenvalue weighted by Crippen LogP contribution is -2.43. The van der Waals surface area contributed by atoms with Gasteiger partial charge in [-0.25, -0.2) is 13.4 Å². The van der Waals surface area contributed by atoms with Gasteiger partial charge in [-0.3, -0.25) is 4.79 Å². The van der Waals surface area contributed by atoms with Gasteiger partial charge in [-0.2, -0.15) is 4.31 Å². The van der Waals surface area contributed by atoms with Gasteiger partial charge in [-0.15, -0.1) is 11.3 Å². The molecule has 0 atom stereocenters. The van der Waals surface area contributed by atoms with Crippen LogP contribution in [0.3, 0.4) is 0 Å². The molecule has 0 unspecified atom stereocenters. The molecule has 1 fully saturated rings. The second kappa shape index (κ2) is 8.77. The smallest absolute Gasteiger partial charge is 0.243 e. The normalized spacial score (nSPS) is 17.8. The van der Waals surface area contributed by atoms with Crippen LogP contribution in [-0.2, 0) is 40.6 Å². The monoisotopic (exact) mass is 447 g/mol. The predicted octanol–water partition coefficient (Wildman–Crippen LogP) is 3.25. The van der Waals surface area contributed by atoms with Crippen LogP contribution in [-0.4, -0.2) is 48.7 Å². The topological polar surface area (TPSA) is 70.6 Å². The summed E-state index contributed by atoms with van der Waals surface area (Å²) in [6.45, 7) is 3.35. The highest BCUT2D eigenvalue weighted by atomic mass is 32.2. The fourth-order valence-corrected chi connectivity index (χ4v) is 6.67. The first-order valence-corrected chi connectivity index (χ1v) is 13.0. The van der Waals surface area contributed by atoms with Gasteiger partial charge in [0.05, 0.1) is 22.1 Å². The zero-order valence-electron chi connectivity index (χ0n) is 17.6. The molecule has 8 heteroatoms. The summed E-state index contributed by atoms with van der Waals surface area (Å²) in [7, 11) is -1.70. The number of piperidine rings is 1. The number of hydrogen-bond donors (Lipinski definition) is 0. The van der Waals surface area contributed by atoms with Crippen molar-refractivity contribution in [3.8, 4) is 0 Å². The van der Waals surface area contributed by atoms with E-state index in [-0.39, 0.29) is 11.8 Å². The number of amides is 1. The third-order valence-electron chi connectivity index (χ3n) is 6.19. The van der Waals surface area contributed by atoms with Gasteiger partial charge in [-0.05, 0) is 61.8 Å². The Morgan fingerprint density at radius 3 is 2.67 bits per heavy atom. The van der Waals surface area contributed by atoms with Crippen LogP contribution in [0.25, 0.3) is 0 Å². The Bertz CT molecular complexity index is 1020. The van der Waals surface area contributed by atoms with Crippen molar-refractivity contribution in [2.45, 2.75) is 56.9 Å². The fraction of sp³-hybridized carbons (Fsp3) is 0.545. The third-order valence-corrected chi connectivity index (χ3v) is 9.12. The third kappa shape index (κ3) is 4.31. The minimum atomic E-state index is -3.50. The number of carbonyl (C=O) groups excluding carboxylic acids is 1. The van der Waals surface area contributed by atoms with Gasteiger partial charge in [0.15, 0.2) is 0 Å². The van der Waals surface area contributed by atoms with Crippen LogP contribution in [0, 0.1) is 5.92 Å². The number of hydrogen-bond acceptors (Lipinski definition) is 5. The molecule has 6 nitrogen and oxygen atoms in total. The van der Waals surface area contributed by atoms with Crippen LogP contribution < -0.4 is 0 Å². The van der Waals surface area contributed by atoms with E-state index in [4.69, 9.17) is 0 Å².